The summed E-state index contributed by atoms with van der Waals surface area (Å²) in [6.07, 6.45) is -1.32. The van der Waals surface area contributed by atoms with Crippen molar-refractivity contribution in [1.82, 2.24) is 9.97 Å². The predicted octanol–water partition coefficient (Wildman–Crippen LogP) is 4.51. The van der Waals surface area contributed by atoms with Gasteiger partial charge in [0.1, 0.15) is 5.69 Å². The van der Waals surface area contributed by atoms with Crippen LogP contribution >= 0.6 is 0 Å². The van der Waals surface area contributed by atoms with Gasteiger partial charge in [0.2, 0.25) is 0 Å². The summed E-state index contributed by atoms with van der Waals surface area (Å²) in [6, 6.07) is 7.87. The van der Waals surface area contributed by atoms with Crippen molar-refractivity contribution in [3.05, 3.63) is 57.3 Å². The zero-order chi connectivity index (χ0) is 19.6. The van der Waals surface area contributed by atoms with E-state index in [1.165, 1.54) is 0 Å². The van der Waals surface area contributed by atoms with Gasteiger partial charge in [-0.1, -0.05) is 12.1 Å². The Bertz CT molecular complexity index is 894. The number of H-pyrrole nitrogens is 1. The minimum Gasteiger partial charge on any atom is -0.372 e. The van der Waals surface area contributed by atoms with Gasteiger partial charge >= 0.3 is 11.9 Å². The Morgan fingerprint density at radius 1 is 1.15 bits per heavy atom. The molecule has 0 aliphatic heterocycles. The van der Waals surface area contributed by atoms with E-state index in [0.29, 0.717) is 18.4 Å². The standard InChI is InChI=1S/C20H22F3N3O/c1-3-26(4-2)15-10-8-13(9-11-15)12-14-6-5-7-16-17(14)24-19(27)25-18(16)20(21,22)23/h8-12H,3-7H2,1-2H3,(H,24,25,27). The van der Waals surface area contributed by atoms with Crippen LogP contribution in [0.5, 0.6) is 0 Å². The maximum Gasteiger partial charge on any atom is 0.431 e. The van der Waals surface area contributed by atoms with E-state index in [1.54, 1.807) is 0 Å². The van der Waals surface area contributed by atoms with Gasteiger partial charge in [0.05, 0.1) is 5.69 Å². The molecular formula is C20H22F3N3O. The van der Waals surface area contributed by atoms with Crippen LogP contribution in [0.3, 0.4) is 0 Å². The normalized spacial score (nSPS) is 15.7. The molecule has 0 fully saturated rings. The van der Waals surface area contributed by atoms with Crippen LogP contribution in [0, 0.1) is 0 Å². The highest BCUT2D eigenvalue weighted by Gasteiger charge is 2.37. The fourth-order valence-corrected chi connectivity index (χ4v) is 3.53. The largest absolute Gasteiger partial charge is 0.431 e. The first-order valence-electron chi connectivity index (χ1n) is 9.09. The monoisotopic (exact) mass is 377 g/mol. The maximum absolute atomic E-state index is 13.3. The van der Waals surface area contributed by atoms with E-state index in [1.807, 2.05) is 35.3 Å². The molecule has 1 aromatic carbocycles. The molecule has 0 saturated heterocycles. The lowest BCUT2D eigenvalue weighted by molar-refractivity contribution is -0.142. The summed E-state index contributed by atoms with van der Waals surface area (Å²) in [6.45, 7) is 5.97. The average molecular weight is 377 g/mol. The third-order valence-electron chi connectivity index (χ3n) is 4.86. The number of alkyl halides is 3. The Kier molecular flexibility index (Phi) is 5.39. The third kappa shape index (κ3) is 4.07. The van der Waals surface area contributed by atoms with Gasteiger partial charge in [0, 0.05) is 24.3 Å². The molecule has 1 heterocycles. The lowest BCUT2D eigenvalue weighted by atomic mass is 9.89. The van der Waals surface area contributed by atoms with Crippen molar-refractivity contribution < 1.29 is 13.2 Å². The van der Waals surface area contributed by atoms with Crippen LogP contribution in [0.25, 0.3) is 11.6 Å². The Morgan fingerprint density at radius 3 is 2.41 bits per heavy atom. The molecular weight excluding hydrogens is 355 g/mol. The number of allylic oxidation sites excluding steroid dienone is 1. The van der Waals surface area contributed by atoms with E-state index in [2.05, 4.69) is 23.7 Å². The summed E-state index contributed by atoms with van der Waals surface area (Å²) in [5.74, 6) is 0. The zero-order valence-corrected chi connectivity index (χ0v) is 15.4. The van der Waals surface area contributed by atoms with Crippen LogP contribution in [0.1, 0.15) is 49.2 Å². The highest BCUT2D eigenvalue weighted by atomic mass is 19.4. The van der Waals surface area contributed by atoms with Crippen molar-refractivity contribution >= 4 is 17.3 Å². The number of anilines is 1. The fourth-order valence-electron chi connectivity index (χ4n) is 3.53. The number of hydrogen-bond donors (Lipinski definition) is 1. The smallest absolute Gasteiger partial charge is 0.372 e. The lowest BCUT2D eigenvalue weighted by Gasteiger charge is -2.22. The van der Waals surface area contributed by atoms with Gasteiger partial charge in [0.25, 0.3) is 0 Å². The summed E-state index contributed by atoms with van der Waals surface area (Å²) in [5, 5.41) is 0. The molecule has 1 N–H and O–H groups in total. The zero-order valence-electron chi connectivity index (χ0n) is 15.4. The van der Waals surface area contributed by atoms with Crippen LogP contribution in [-0.4, -0.2) is 23.1 Å². The highest BCUT2D eigenvalue weighted by Crippen LogP contribution is 2.37. The molecule has 0 unspecified atom stereocenters. The second-order valence-corrected chi connectivity index (χ2v) is 6.53. The molecule has 3 rings (SSSR count). The molecule has 0 amide bonds. The van der Waals surface area contributed by atoms with Crippen molar-refractivity contribution in [2.24, 2.45) is 0 Å². The van der Waals surface area contributed by atoms with Crippen molar-refractivity contribution in [3.63, 3.8) is 0 Å². The number of hydrogen-bond acceptors (Lipinski definition) is 3. The van der Waals surface area contributed by atoms with E-state index in [4.69, 9.17) is 0 Å². The quantitative estimate of drug-likeness (QED) is 0.853. The van der Waals surface area contributed by atoms with E-state index in [-0.39, 0.29) is 17.7 Å². The number of aromatic nitrogens is 2. The van der Waals surface area contributed by atoms with Gasteiger partial charge in [-0.2, -0.15) is 18.2 Å². The first kappa shape index (κ1) is 19.2. The average Bonchev–Trinajstić information content (AvgIpc) is 2.63. The molecule has 1 aliphatic rings. The Labute approximate surface area is 155 Å². The summed E-state index contributed by atoms with van der Waals surface area (Å²) in [5.41, 5.74) is 0.961. The lowest BCUT2D eigenvalue weighted by Crippen LogP contribution is -2.25. The van der Waals surface area contributed by atoms with Crippen LogP contribution in [0.2, 0.25) is 0 Å². The van der Waals surface area contributed by atoms with Crippen LogP contribution in [0.4, 0.5) is 18.9 Å². The summed E-state index contributed by atoms with van der Waals surface area (Å²) in [7, 11) is 0. The number of nitrogens with one attached hydrogen (secondary N) is 1. The number of fused-ring (bicyclic) bond motifs is 1. The molecule has 1 aromatic heterocycles. The van der Waals surface area contributed by atoms with E-state index >= 15 is 0 Å². The molecule has 0 saturated carbocycles. The van der Waals surface area contributed by atoms with Gasteiger partial charge < -0.3 is 9.88 Å². The highest BCUT2D eigenvalue weighted by molar-refractivity contribution is 5.82. The number of halogens is 3. The summed E-state index contributed by atoms with van der Waals surface area (Å²) >= 11 is 0. The summed E-state index contributed by atoms with van der Waals surface area (Å²) in [4.78, 5) is 19.6. The molecule has 0 spiro atoms. The second kappa shape index (κ2) is 7.58. The minimum absolute atomic E-state index is 0.0827. The van der Waals surface area contributed by atoms with E-state index in [0.717, 1.165) is 24.3 Å². The molecule has 144 valence electrons. The predicted molar refractivity (Wildman–Crippen MR) is 101 cm³/mol. The number of benzene rings is 1. The third-order valence-corrected chi connectivity index (χ3v) is 4.86. The van der Waals surface area contributed by atoms with Crippen molar-refractivity contribution in [3.8, 4) is 0 Å². The number of nitrogens with zero attached hydrogens (tertiary/aromatic N) is 2. The van der Waals surface area contributed by atoms with Crippen LogP contribution < -0.4 is 10.6 Å². The SMILES string of the molecule is CCN(CC)c1ccc(C=C2CCCc3c2nc(=O)[nH]c3C(F)(F)F)cc1. The van der Waals surface area contributed by atoms with Crippen molar-refractivity contribution in [1.29, 1.82) is 0 Å². The molecule has 0 radical (unpaired) electrons. The van der Waals surface area contributed by atoms with Gasteiger partial charge in [0.15, 0.2) is 0 Å². The maximum atomic E-state index is 13.3. The Hall–Kier alpha value is -2.57. The first-order chi connectivity index (χ1) is 12.8. The number of aromatic amines is 1. The van der Waals surface area contributed by atoms with Crippen LogP contribution in [0.15, 0.2) is 29.1 Å². The molecule has 4 nitrogen and oxygen atoms in total. The number of rotatable bonds is 4. The van der Waals surface area contributed by atoms with Gasteiger partial charge in [-0.05, 0) is 62.5 Å². The first-order valence-corrected chi connectivity index (χ1v) is 9.09. The molecule has 0 bridgehead atoms. The fraction of sp³-hybridized carbons (Fsp3) is 0.400. The van der Waals surface area contributed by atoms with Crippen LogP contribution in [-0.2, 0) is 12.6 Å². The molecule has 1 aliphatic carbocycles. The van der Waals surface area contributed by atoms with Crippen molar-refractivity contribution in [2.45, 2.75) is 39.3 Å². The van der Waals surface area contributed by atoms with Gasteiger partial charge in [-0.3, -0.25) is 0 Å². The van der Waals surface area contributed by atoms with Gasteiger partial charge in [-0.25, -0.2) is 4.79 Å². The topological polar surface area (TPSA) is 49.0 Å². The van der Waals surface area contributed by atoms with Crippen molar-refractivity contribution in [2.75, 3.05) is 18.0 Å². The summed E-state index contributed by atoms with van der Waals surface area (Å²) < 4.78 is 39.8. The molecule has 27 heavy (non-hydrogen) atoms. The second-order valence-electron chi connectivity index (χ2n) is 6.53. The molecule has 0 atom stereocenters. The van der Waals surface area contributed by atoms with E-state index < -0.39 is 17.6 Å². The minimum atomic E-state index is -4.60. The molecule has 2 aromatic rings. The Balaban J connectivity index is 2.01. The van der Waals surface area contributed by atoms with Gasteiger partial charge in [-0.15, -0.1) is 0 Å². The molecule has 7 heteroatoms. The Morgan fingerprint density at radius 2 is 1.81 bits per heavy atom. The van der Waals surface area contributed by atoms with E-state index in [9.17, 15) is 18.0 Å².